The topological polar surface area (TPSA) is 96.9 Å². The van der Waals surface area contributed by atoms with E-state index in [9.17, 15) is 10.1 Å². The monoisotopic (exact) mass is 412 g/mol. The number of rotatable bonds is 4. The maximum absolute atomic E-state index is 12.5. The highest BCUT2D eigenvalue weighted by Gasteiger charge is 2.38. The smallest absolute Gasteiger partial charge is 0.226 e. The number of hydrogen-bond acceptors (Lipinski definition) is 6. The molecule has 3 aliphatic rings. The predicted molar refractivity (Wildman–Crippen MR) is 115 cm³/mol. The molecule has 1 unspecified atom stereocenters. The Morgan fingerprint density at radius 1 is 1.13 bits per heavy atom. The van der Waals surface area contributed by atoms with Gasteiger partial charge in [-0.3, -0.25) is 4.79 Å². The van der Waals surface area contributed by atoms with E-state index in [0.29, 0.717) is 36.8 Å². The lowest BCUT2D eigenvalue weighted by atomic mass is 10.00. The highest BCUT2D eigenvalue weighted by molar-refractivity contribution is 5.81. The number of pyridine rings is 2. The summed E-state index contributed by atoms with van der Waals surface area (Å²) in [5.74, 6) is 1.62. The second kappa shape index (κ2) is 7.67. The van der Waals surface area contributed by atoms with Crippen LogP contribution in [-0.2, 0) is 4.79 Å². The van der Waals surface area contributed by atoms with Crippen molar-refractivity contribution in [2.75, 3.05) is 24.5 Å². The molecule has 7 heteroatoms. The molecule has 0 bridgehead atoms. The van der Waals surface area contributed by atoms with Gasteiger partial charge >= 0.3 is 0 Å². The first-order chi connectivity index (χ1) is 15.1. The highest BCUT2D eigenvalue weighted by Crippen LogP contribution is 2.45. The zero-order chi connectivity index (χ0) is 21.5. The Bertz CT molecular complexity index is 1100. The Morgan fingerprint density at radius 3 is 2.52 bits per heavy atom. The Morgan fingerprint density at radius 2 is 1.94 bits per heavy atom. The minimum Gasteiger partial charge on any atom is -0.352 e. The molecule has 3 heterocycles. The molecule has 0 N–H and O–H groups in total. The van der Waals surface area contributed by atoms with Crippen molar-refractivity contribution >= 4 is 11.7 Å². The average Bonchev–Trinajstić information content (AvgIpc) is 3.71. The molecular formula is C24H24N6O. The van der Waals surface area contributed by atoms with Crippen LogP contribution in [0.2, 0.25) is 0 Å². The molecule has 2 saturated carbocycles. The molecule has 0 spiro atoms. The molecule has 0 radical (unpaired) electrons. The number of hydrogen-bond donors (Lipinski definition) is 0. The summed E-state index contributed by atoms with van der Waals surface area (Å²) in [7, 11) is 0. The van der Waals surface area contributed by atoms with E-state index >= 15 is 0 Å². The van der Waals surface area contributed by atoms with Crippen LogP contribution in [0.15, 0.2) is 24.4 Å². The number of carbonyl (C=O) groups is 1. The molecule has 0 aromatic carbocycles. The van der Waals surface area contributed by atoms with Gasteiger partial charge in [0.2, 0.25) is 5.91 Å². The second-order valence-corrected chi connectivity index (χ2v) is 8.82. The van der Waals surface area contributed by atoms with Crippen molar-refractivity contribution in [1.29, 1.82) is 10.5 Å². The molecule has 156 valence electrons. The third-order valence-corrected chi connectivity index (χ3v) is 6.44. The zero-order valence-corrected chi connectivity index (χ0v) is 17.6. The molecule has 3 fully saturated rings. The summed E-state index contributed by atoms with van der Waals surface area (Å²) in [6.07, 6.45) is 5.90. The van der Waals surface area contributed by atoms with Crippen molar-refractivity contribution in [3.63, 3.8) is 0 Å². The number of amides is 1. The molecule has 1 atom stereocenters. The van der Waals surface area contributed by atoms with Crippen LogP contribution in [0.4, 0.5) is 5.82 Å². The first kappa shape index (κ1) is 19.5. The van der Waals surface area contributed by atoms with E-state index in [2.05, 4.69) is 22.9 Å². The lowest BCUT2D eigenvalue weighted by Crippen LogP contribution is -2.54. The zero-order valence-electron chi connectivity index (χ0n) is 17.6. The maximum Gasteiger partial charge on any atom is 0.226 e. The van der Waals surface area contributed by atoms with Gasteiger partial charge in [-0.25, -0.2) is 9.97 Å². The molecule has 2 aromatic rings. The average molecular weight is 412 g/mol. The number of nitriles is 2. The fourth-order valence-electron chi connectivity index (χ4n) is 4.40. The Balaban J connectivity index is 1.47. The lowest BCUT2D eigenvalue weighted by molar-refractivity contribution is -0.134. The Kier molecular flexibility index (Phi) is 4.82. The summed E-state index contributed by atoms with van der Waals surface area (Å²) < 4.78 is 0. The number of piperazine rings is 1. The molecule has 5 rings (SSSR count). The summed E-state index contributed by atoms with van der Waals surface area (Å²) >= 11 is 0. The summed E-state index contributed by atoms with van der Waals surface area (Å²) in [6.45, 7) is 4.12. The first-order valence-electron chi connectivity index (χ1n) is 11.0. The number of aromatic nitrogens is 2. The number of nitrogens with zero attached hydrogens (tertiary/aromatic N) is 6. The van der Waals surface area contributed by atoms with Gasteiger partial charge in [0, 0.05) is 54.8 Å². The molecule has 31 heavy (non-hydrogen) atoms. The largest absolute Gasteiger partial charge is 0.352 e. The SMILES string of the molecule is CC1CN(c2nc(C3CC3)c(-c3ccc(C#N)nc3)cc2C#N)CCN1C(=O)C1CC1. The molecule has 1 saturated heterocycles. The predicted octanol–water partition coefficient (Wildman–Crippen LogP) is 3.21. The summed E-state index contributed by atoms with van der Waals surface area (Å²) in [5, 5.41) is 18.9. The van der Waals surface area contributed by atoms with Gasteiger partial charge in [-0.2, -0.15) is 10.5 Å². The van der Waals surface area contributed by atoms with Gasteiger partial charge in [0.15, 0.2) is 0 Å². The van der Waals surface area contributed by atoms with Crippen molar-refractivity contribution in [3.8, 4) is 23.3 Å². The number of anilines is 1. The van der Waals surface area contributed by atoms with E-state index in [1.54, 1.807) is 12.3 Å². The van der Waals surface area contributed by atoms with E-state index in [4.69, 9.17) is 10.2 Å². The molecule has 2 aromatic heterocycles. The first-order valence-corrected chi connectivity index (χ1v) is 11.0. The van der Waals surface area contributed by atoms with Crippen molar-refractivity contribution in [3.05, 3.63) is 41.3 Å². The summed E-state index contributed by atoms with van der Waals surface area (Å²) in [5.41, 5.74) is 3.72. The van der Waals surface area contributed by atoms with Crippen LogP contribution < -0.4 is 4.90 Å². The van der Waals surface area contributed by atoms with E-state index in [-0.39, 0.29) is 17.9 Å². The van der Waals surface area contributed by atoms with Crippen molar-refractivity contribution < 1.29 is 4.79 Å². The van der Waals surface area contributed by atoms with Crippen LogP contribution in [0.25, 0.3) is 11.1 Å². The Hall–Kier alpha value is -3.45. The molecule has 2 aliphatic carbocycles. The van der Waals surface area contributed by atoms with Gasteiger partial charge in [0.1, 0.15) is 23.7 Å². The van der Waals surface area contributed by atoms with Crippen LogP contribution in [0.3, 0.4) is 0 Å². The van der Waals surface area contributed by atoms with E-state index in [1.807, 2.05) is 23.1 Å². The lowest BCUT2D eigenvalue weighted by Gasteiger charge is -2.41. The minimum atomic E-state index is 0.0990. The standard InChI is InChI=1S/C24H24N6O/c1-15-14-29(8-9-30(15)24(31)17-4-5-17)23-19(11-25)10-21(22(28-23)16-2-3-16)18-6-7-20(12-26)27-13-18/h6-7,10,13,15-17H,2-5,8-9,14H2,1H3. The molecule has 1 aliphatic heterocycles. The van der Waals surface area contributed by atoms with Crippen LogP contribution in [-0.4, -0.2) is 46.5 Å². The fraction of sp³-hybridized carbons (Fsp3) is 0.458. The van der Waals surface area contributed by atoms with E-state index in [1.165, 1.54) is 0 Å². The third kappa shape index (κ3) is 3.72. The van der Waals surface area contributed by atoms with Gasteiger partial charge in [-0.05, 0) is 50.8 Å². The van der Waals surface area contributed by atoms with Crippen LogP contribution in [0.5, 0.6) is 0 Å². The summed E-state index contributed by atoms with van der Waals surface area (Å²) in [4.78, 5) is 25.9. The van der Waals surface area contributed by atoms with Crippen molar-refractivity contribution in [2.24, 2.45) is 5.92 Å². The number of carbonyl (C=O) groups excluding carboxylic acids is 1. The minimum absolute atomic E-state index is 0.0990. The van der Waals surface area contributed by atoms with E-state index in [0.717, 1.165) is 48.3 Å². The van der Waals surface area contributed by atoms with Crippen LogP contribution >= 0.6 is 0 Å². The van der Waals surface area contributed by atoms with Gasteiger partial charge in [-0.15, -0.1) is 0 Å². The fourth-order valence-corrected chi connectivity index (χ4v) is 4.40. The van der Waals surface area contributed by atoms with Gasteiger partial charge in [0.25, 0.3) is 0 Å². The third-order valence-electron chi connectivity index (χ3n) is 6.44. The van der Waals surface area contributed by atoms with Gasteiger partial charge < -0.3 is 9.80 Å². The molecule has 7 nitrogen and oxygen atoms in total. The molecule has 1 amide bonds. The Labute approximate surface area is 181 Å². The van der Waals surface area contributed by atoms with Crippen molar-refractivity contribution in [2.45, 2.75) is 44.6 Å². The van der Waals surface area contributed by atoms with Crippen molar-refractivity contribution in [1.82, 2.24) is 14.9 Å². The summed E-state index contributed by atoms with van der Waals surface area (Å²) in [6, 6.07) is 9.97. The van der Waals surface area contributed by atoms with Gasteiger partial charge in [-0.1, -0.05) is 0 Å². The van der Waals surface area contributed by atoms with Crippen LogP contribution in [0, 0.1) is 28.6 Å². The molecular weight excluding hydrogens is 388 g/mol. The normalized spacial score (nSPS) is 20.8. The van der Waals surface area contributed by atoms with Gasteiger partial charge in [0.05, 0.1) is 11.3 Å². The second-order valence-electron chi connectivity index (χ2n) is 8.82. The highest BCUT2D eigenvalue weighted by atomic mass is 16.2. The van der Waals surface area contributed by atoms with Crippen LogP contribution in [0.1, 0.15) is 55.5 Å². The quantitative estimate of drug-likeness (QED) is 0.765. The maximum atomic E-state index is 12.5. The van der Waals surface area contributed by atoms with E-state index < -0.39 is 0 Å².